The van der Waals surface area contributed by atoms with Crippen molar-refractivity contribution in [3.63, 3.8) is 0 Å². The van der Waals surface area contributed by atoms with E-state index in [1.54, 1.807) is 30.3 Å². The summed E-state index contributed by atoms with van der Waals surface area (Å²) >= 11 is 0. The molecular formula is C14H18N2O5. The second-order valence-corrected chi connectivity index (χ2v) is 4.43. The molecule has 1 rings (SSSR count). The zero-order valence-corrected chi connectivity index (χ0v) is 11.9. The van der Waals surface area contributed by atoms with Crippen LogP contribution in [0.2, 0.25) is 0 Å². The van der Waals surface area contributed by atoms with E-state index >= 15 is 0 Å². The summed E-state index contributed by atoms with van der Waals surface area (Å²) in [7, 11) is 2.82. The number of carboxylic acids is 1. The van der Waals surface area contributed by atoms with E-state index in [-0.39, 0.29) is 19.1 Å². The Hall–Kier alpha value is -2.41. The van der Waals surface area contributed by atoms with Crippen LogP contribution in [0.1, 0.15) is 11.6 Å². The van der Waals surface area contributed by atoms with E-state index in [2.05, 4.69) is 10.1 Å². The maximum Gasteiger partial charge on any atom is 0.330 e. The van der Waals surface area contributed by atoms with Crippen molar-refractivity contribution in [1.29, 1.82) is 0 Å². The van der Waals surface area contributed by atoms with Crippen LogP contribution in [-0.2, 0) is 19.1 Å². The molecule has 0 aliphatic heterocycles. The smallest absolute Gasteiger partial charge is 0.330 e. The first-order valence-corrected chi connectivity index (χ1v) is 6.25. The molecule has 2 amide bonds. The van der Waals surface area contributed by atoms with Gasteiger partial charge in [0, 0.05) is 14.2 Å². The standard InChI is InChI=1S/C14H18N2O5/c1-16(12(18)9-21-2)8-11(17)15-13(14(19)20)10-6-4-3-5-7-10/h3-7,13H,8-9H2,1-2H3,(H,15,17)(H,19,20)/t13-/m1/s1. The van der Waals surface area contributed by atoms with Gasteiger partial charge in [0.25, 0.3) is 0 Å². The van der Waals surface area contributed by atoms with Crippen LogP contribution < -0.4 is 5.32 Å². The Balaban J connectivity index is 2.66. The van der Waals surface area contributed by atoms with Gasteiger partial charge in [0.2, 0.25) is 11.8 Å². The molecule has 2 N–H and O–H groups in total. The fourth-order valence-electron chi connectivity index (χ4n) is 1.68. The van der Waals surface area contributed by atoms with Crippen molar-refractivity contribution in [2.24, 2.45) is 0 Å². The first-order chi connectivity index (χ1) is 9.95. The van der Waals surface area contributed by atoms with Crippen molar-refractivity contribution < 1.29 is 24.2 Å². The van der Waals surface area contributed by atoms with Gasteiger partial charge in [-0.05, 0) is 5.56 Å². The number of methoxy groups -OCH3 is 1. The van der Waals surface area contributed by atoms with Gasteiger partial charge < -0.3 is 20.1 Å². The largest absolute Gasteiger partial charge is 0.479 e. The molecule has 1 aromatic carbocycles. The molecule has 1 atom stereocenters. The summed E-state index contributed by atoms with van der Waals surface area (Å²) in [6.45, 7) is -0.371. The van der Waals surface area contributed by atoms with Crippen LogP contribution >= 0.6 is 0 Å². The lowest BCUT2D eigenvalue weighted by atomic mass is 10.1. The molecule has 0 aliphatic carbocycles. The van der Waals surface area contributed by atoms with Crippen molar-refractivity contribution >= 4 is 17.8 Å². The number of aliphatic carboxylic acids is 1. The summed E-state index contributed by atoms with van der Waals surface area (Å²) in [5.74, 6) is -2.09. The van der Waals surface area contributed by atoms with Gasteiger partial charge in [-0.3, -0.25) is 9.59 Å². The van der Waals surface area contributed by atoms with Gasteiger partial charge in [-0.15, -0.1) is 0 Å². The van der Waals surface area contributed by atoms with Gasteiger partial charge in [-0.25, -0.2) is 4.79 Å². The normalized spacial score (nSPS) is 11.5. The average Bonchev–Trinajstić information content (AvgIpc) is 2.45. The summed E-state index contributed by atoms with van der Waals surface area (Å²) < 4.78 is 4.68. The van der Waals surface area contributed by atoms with Crippen molar-refractivity contribution in [3.05, 3.63) is 35.9 Å². The highest BCUT2D eigenvalue weighted by molar-refractivity contribution is 5.88. The molecule has 0 aliphatic rings. The summed E-state index contributed by atoms with van der Waals surface area (Å²) in [4.78, 5) is 35.7. The summed E-state index contributed by atoms with van der Waals surface area (Å²) in [5.41, 5.74) is 0.462. The zero-order chi connectivity index (χ0) is 15.8. The summed E-state index contributed by atoms with van der Waals surface area (Å²) in [5, 5.41) is 11.6. The number of nitrogens with one attached hydrogen (secondary N) is 1. The first-order valence-electron chi connectivity index (χ1n) is 6.25. The monoisotopic (exact) mass is 294 g/mol. The Bertz CT molecular complexity index is 503. The number of likely N-dealkylation sites (N-methyl/N-ethyl adjacent to an activating group) is 1. The van der Waals surface area contributed by atoms with Crippen LogP contribution in [-0.4, -0.2) is 55.1 Å². The topological polar surface area (TPSA) is 95.9 Å². The van der Waals surface area contributed by atoms with Crippen molar-refractivity contribution in [2.75, 3.05) is 27.3 Å². The maximum absolute atomic E-state index is 11.8. The van der Waals surface area contributed by atoms with Gasteiger partial charge in [0.15, 0.2) is 6.04 Å². The highest BCUT2D eigenvalue weighted by Gasteiger charge is 2.23. The minimum atomic E-state index is -1.17. The molecule has 0 aromatic heterocycles. The van der Waals surface area contributed by atoms with E-state index in [1.165, 1.54) is 19.1 Å². The van der Waals surface area contributed by atoms with Crippen molar-refractivity contribution in [2.45, 2.75) is 6.04 Å². The van der Waals surface area contributed by atoms with E-state index in [4.69, 9.17) is 0 Å². The molecular weight excluding hydrogens is 276 g/mol. The molecule has 1 aromatic rings. The number of rotatable bonds is 7. The lowest BCUT2D eigenvalue weighted by molar-refractivity contribution is -0.143. The van der Waals surface area contributed by atoms with Gasteiger partial charge >= 0.3 is 5.97 Å². The molecule has 0 radical (unpaired) electrons. The Morgan fingerprint density at radius 3 is 2.43 bits per heavy atom. The van der Waals surface area contributed by atoms with E-state index in [1.807, 2.05) is 0 Å². The van der Waals surface area contributed by atoms with Crippen LogP contribution in [0, 0.1) is 0 Å². The predicted molar refractivity (Wildman–Crippen MR) is 74.5 cm³/mol. The fourth-order valence-corrected chi connectivity index (χ4v) is 1.68. The average molecular weight is 294 g/mol. The second-order valence-electron chi connectivity index (χ2n) is 4.43. The molecule has 0 spiro atoms. The quantitative estimate of drug-likeness (QED) is 0.740. The highest BCUT2D eigenvalue weighted by atomic mass is 16.5. The molecule has 21 heavy (non-hydrogen) atoms. The first kappa shape index (κ1) is 16.6. The lowest BCUT2D eigenvalue weighted by Crippen LogP contribution is -2.42. The third kappa shape index (κ3) is 5.23. The SMILES string of the molecule is COCC(=O)N(C)CC(=O)N[C@@H](C(=O)O)c1ccccc1. The number of ether oxygens (including phenoxy) is 1. The number of benzene rings is 1. The van der Waals surface area contributed by atoms with Crippen molar-refractivity contribution in [1.82, 2.24) is 10.2 Å². The van der Waals surface area contributed by atoms with Gasteiger partial charge in [0.05, 0.1) is 6.54 Å². The highest BCUT2D eigenvalue weighted by Crippen LogP contribution is 2.12. The Kier molecular flexibility index (Phi) is 6.35. The van der Waals surface area contributed by atoms with Gasteiger partial charge in [-0.2, -0.15) is 0 Å². The molecule has 114 valence electrons. The third-order valence-electron chi connectivity index (χ3n) is 2.76. The van der Waals surface area contributed by atoms with Crippen LogP contribution in [0.4, 0.5) is 0 Å². The number of hydrogen-bond acceptors (Lipinski definition) is 4. The molecule has 0 bridgehead atoms. The molecule has 0 heterocycles. The fraction of sp³-hybridized carbons (Fsp3) is 0.357. The maximum atomic E-state index is 11.8. The minimum absolute atomic E-state index is 0.134. The van der Waals surface area contributed by atoms with Gasteiger partial charge in [-0.1, -0.05) is 30.3 Å². The molecule has 0 saturated carbocycles. The van der Waals surface area contributed by atoms with Crippen LogP contribution in [0.25, 0.3) is 0 Å². The Morgan fingerprint density at radius 2 is 1.90 bits per heavy atom. The van der Waals surface area contributed by atoms with Crippen LogP contribution in [0.15, 0.2) is 30.3 Å². The molecule has 0 unspecified atom stereocenters. The van der Waals surface area contributed by atoms with E-state index in [0.29, 0.717) is 5.56 Å². The Morgan fingerprint density at radius 1 is 1.29 bits per heavy atom. The number of carbonyl (C=O) groups excluding carboxylic acids is 2. The molecule has 0 fully saturated rings. The number of amides is 2. The van der Waals surface area contributed by atoms with Crippen LogP contribution in [0.5, 0.6) is 0 Å². The number of carbonyl (C=O) groups is 3. The van der Waals surface area contributed by atoms with E-state index in [0.717, 1.165) is 0 Å². The second kappa shape index (κ2) is 8.01. The molecule has 7 nitrogen and oxygen atoms in total. The summed E-state index contributed by atoms with van der Waals surface area (Å²) in [6.07, 6.45) is 0. The molecule has 7 heteroatoms. The lowest BCUT2D eigenvalue weighted by Gasteiger charge is -2.19. The molecule has 0 saturated heterocycles. The van der Waals surface area contributed by atoms with E-state index in [9.17, 15) is 19.5 Å². The number of carboxylic acid groups (broad SMARTS) is 1. The third-order valence-corrected chi connectivity index (χ3v) is 2.76. The minimum Gasteiger partial charge on any atom is -0.479 e. The summed E-state index contributed by atoms with van der Waals surface area (Å²) in [6, 6.07) is 7.20. The predicted octanol–water partition coefficient (Wildman–Crippen LogP) is 0.0333. The number of hydrogen-bond donors (Lipinski definition) is 2. The number of nitrogens with zero attached hydrogens (tertiary/aromatic N) is 1. The Labute approximate surface area is 122 Å². The van der Waals surface area contributed by atoms with Crippen LogP contribution in [0.3, 0.4) is 0 Å². The van der Waals surface area contributed by atoms with E-state index < -0.39 is 17.9 Å². The zero-order valence-electron chi connectivity index (χ0n) is 11.9. The van der Waals surface area contributed by atoms with Gasteiger partial charge in [0.1, 0.15) is 6.61 Å². The van der Waals surface area contributed by atoms with Crippen molar-refractivity contribution in [3.8, 4) is 0 Å².